The zero-order valence-electron chi connectivity index (χ0n) is 15.3. The zero-order chi connectivity index (χ0) is 19.0. The van der Waals surface area contributed by atoms with E-state index in [1.54, 1.807) is 34.9 Å². The van der Waals surface area contributed by atoms with E-state index in [1.165, 1.54) is 4.68 Å². The monoisotopic (exact) mass is 383 g/mol. The molecule has 0 saturated carbocycles. The molecule has 1 aliphatic heterocycles. The van der Waals surface area contributed by atoms with Crippen LogP contribution in [0, 0.1) is 5.92 Å². The van der Waals surface area contributed by atoms with Gasteiger partial charge in [0.2, 0.25) is 5.91 Å². The molecule has 0 N–H and O–H groups in total. The highest BCUT2D eigenvalue weighted by Crippen LogP contribution is 2.25. The number of aromatic nitrogens is 4. The fourth-order valence-electron chi connectivity index (χ4n) is 3.47. The molecule has 1 amide bonds. The van der Waals surface area contributed by atoms with Crippen LogP contribution in [0.4, 0.5) is 0 Å². The van der Waals surface area contributed by atoms with Crippen molar-refractivity contribution in [2.24, 2.45) is 13.0 Å². The molecule has 0 spiro atoms. The number of thiazole rings is 1. The normalized spacial score (nSPS) is 16.1. The zero-order valence-corrected chi connectivity index (χ0v) is 16.1. The van der Waals surface area contributed by atoms with Gasteiger partial charge in [-0.3, -0.25) is 9.36 Å². The first-order chi connectivity index (χ1) is 13.0. The molecular weight excluding hydrogens is 362 g/mol. The molecule has 140 valence electrons. The van der Waals surface area contributed by atoms with Crippen molar-refractivity contribution in [2.45, 2.75) is 25.9 Å². The predicted octanol–water partition coefficient (Wildman–Crippen LogP) is 1.93. The summed E-state index contributed by atoms with van der Waals surface area (Å²) in [5, 5.41) is 7.17. The summed E-state index contributed by atoms with van der Waals surface area (Å²) in [6.45, 7) is 0.866. The quantitative estimate of drug-likeness (QED) is 0.690. The topological polar surface area (TPSA) is 73.0 Å². The van der Waals surface area contributed by atoms with Gasteiger partial charge in [-0.05, 0) is 6.42 Å². The van der Waals surface area contributed by atoms with Crippen molar-refractivity contribution in [1.82, 2.24) is 24.2 Å². The lowest BCUT2D eigenvalue weighted by Crippen LogP contribution is -2.39. The average molecular weight is 383 g/mol. The molecule has 0 unspecified atom stereocenters. The number of benzene rings is 1. The molecule has 27 heavy (non-hydrogen) atoms. The Bertz CT molecular complexity index is 1020. The van der Waals surface area contributed by atoms with Crippen molar-refractivity contribution in [3.8, 4) is 10.6 Å². The van der Waals surface area contributed by atoms with E-state index in [2.05, 4.69) is 10.1 Å². The number of hydrogen-bond donors (Lipinski definition) is 0. The summed E-state index contributed by atoms with van der Waals surface area (Å²) >= 11 is 1.58. The number of nitrogens with zero attached hydrogens (tertiary/aromatic N) is 5. The van der Waals surface area contributed by atoms with Gasteiger partial charge in [0.15, 0.2) is 0 Å². The lowest BCUT2D eigenvalue weighted by Gasteiger charge is -2.26. The number of amides is 1. The average Bonchev–Trinajstić information content (AvgIpc) is 3.26. The fourth-order valence-corrected chi connectivity index (χ4v) is 4.28. The highest BCUT2D eigenvalue weighted by molar-refractivity contribution is 7.13. The number of hydrogen-bond acceptors (Lipinski definition) is 5. The predicted molar refractivity (Wildman–Crippen MR) is 103 cm³/mol. The van der Waals surface area contributed by atoms with Crippen LogP contribution in [-0.2, 0) is 31.4 Å². The van der Waals surface area contributed by atoms with E-state index < -0.39 is 0 Å². The Hall–Kier alpha value is -2.74. The van der Waals surface area contributed by atoms with E-state index in [1.807, 2.05) is 35.7 Å². The fraction of sp³-hybridized carbons (Fsp3) is 0.368. The minimum absolute atomic E-state index is 0.0469. The summed E-state index contributed by atoms with van der Waals surface area (Å²) in [5.74, 6) is 0.614. The van der Waals surface area contributed by atoms with Crippen LogP contribution in [-0.4, -0.2) is 37.2 Å². The standard InChI is InChI=1S/C19H21N5O2S/c1-22(11-15-12-27-17(20-15)13-6-4-3-5-7-13)18(25)14-8-9-16-21-23(2)19(26)24(16)10-14/h3-7,12,14H,8-11H2,1-2H3/t14-/m0/s1. The smallest absolute Gasteiger partial charge is 0.340 e. The van der Waals surface area contributed by atoms with Crippen LogP contribution in [0.5, 0.6) is 0 Å². The largest absolute Gasteiger partial charge is 0.345 e. The van der Waals surface area contributed by atoms with Gasteiger partial charge in [0, 0.05) is 38.0 Å². The van der Waals surface area contributed by atoms with Crippen LogP contribution in [0.25, 0.3) is 10.6 Å². The first kappa shape index (κ1) is 17.7. The van der Waals surface area contributed by atoms with Gasteiger partial charge in [-0.15, -0.1) is 11.3 Å². The van der Waals surface area contributed by atoms with Crippen LogP contribution in [0.15, 0.2) is 40.5 Å². The SMILES string of the molecule is CN(Cc1csc(-c2ccccc2)n1)C(=O)[C@H]1CCc2nn(C)c(=O)n2C1. The maximum atomic E-state index is 12.9. The minimum Gasteiger partial charge on any atom is -0.340 e. The Labute approximate surface area is 160 Å². The molecule has 0 fully saturated rings. The van der Waals surface area contributed by atoms with Gasteiger partial charge < -0.3 is 4.90 Å². The van der Waals surface area contributed by atoms with E-state index in [0.717, 1.165) is 22.1 Å². The van der Waals surface area contributed by atoms with Gasteiger partial charge in [-0.1, -0.05) is 30.3 Å². The summed E-state index contributed by atoms with van der Waals surface area (Å²) in [6.07, 6.45) is 1.36. The molecule has 3 aromatic rings. The molecule has 0 aliphatic carbocycles. The van der Waals surface area contributed by atoms with Crippen molar-refractivity contribution in [3.05, 3.63) is 57.7 Å². The molecule has 3 heterocycles. The third-order valence-electron chi connectivity index (χ3n) is 4.90. The van der Waals surface area contributed by atoms with Gasteiger partial charge in [0.05, 0.1) is 18.2 Å². The molecular formula is C19H21N5O2S. The van der Waals surface area contributed by atoms with Gasteiger partial charge in [0.25, 0.3) is 0 Å². The third kappa shape index (κ3) is 3.44. The maximum Gasteiger partial charge on any atom is 0.345 e. The van der Waals surface area contributed by atoms with E-state index in [4.69, 9.17) is 0 Å². The van der Waals surface area contributed by atoms with Crippen molar-refractivity contribution in [1.29, 1.82) is 0 Å². The van der Waals surface area contributed by atoms with E-state index in [-0.39, 0.29) is 17.5 Å². The molecule has 7 nitrogen and oxygen atoms in total. The molecule has 0 radical (unpaired) electrons. The number of carbonyl (C=O) groups is 1. The maximum absolute atomic E-state index is 12.9. The van der Waals surface area contributed by atoms with Crippen molar-refractivity contribution >= 4 is 17.2 Å². The first-order valence-corrected chi connectivity index (χ1v) is 9.78. The van der Waals surface area contributed by atoms with Crippen LogP contribution >= 0.6 is 11.3 Å². The molecule has 0 saturated heterocycles. The highest BCUT2D eigenvalue weighted by Gasteiger charge is 2.29. The lowest BCUT2D eigenvalue weighted by atomic mass is 9.98. The molecule has 1 atom stereocenters. The van der Waals surface area contributed by atoms with Gasteiger partial charge in [0.1, 0.15) is 10.8 Å². The molecule has 8 heteroatoms. The van der Waals surface area contributed by atoms with Crippen molar-refractivity contribution in [3.63, 3.8) is 0 Å². The summed E-state index contributed by atoms with van der Waals surface area (Å²) < 4.78 is 2.96. The Balaban J connectivity index is 1.44. The Morgan fingerprint density at radius 1 is 1.33 bits per heavy atom. The molecule has 1 aliphatic rings. The van der Waals surface area contributed by atoms with Gasteiger partial charge in [-0.25, -0.2) is 14.5 Å². The Morgan fingerprint density at radius 3 is 2.89 bits per heavy atom. The number of rotatable bonds is 4. The summed E-state index contributed by atoms with van der Waals surface area (Å²) in [5.41, 5.74) is 1.81. The van der Waals surface area contributed by atoms with Crippen molar-refractivity contribution in [2.75, 3.05) is 7.05 Å². The van der Waals surface area contributed by atoms with Crippen LogP contribution in [0.3, 0.4) is 0 Å². The molecule has 0 bridgehead atoms. The van der Waals surface area contributed by atoms with E-state index in [0.29, 0.717) is 25.9 Å². The third-order valence-corrected chi connectivity index (χ3v) is 5.84. The number of aryl methyl sites for hydroxylation is 2. The summed E-state index contributed by atoms with van der Waals surface area (Å²) in [6, 6.07) is 10.0. The Morgan fingerprint density at radius 2 is 2.11 bits per heavy atom. The second-order valence-electron chi connectivity index (χ2n) is 6.87. The molecule has 2 aromatic heterocycles. The first-order valence-electron chi connectivity index (χ1n) is 8.90. The summed E-state index contributed by atoms with van der Waals surface area (Å²) in [4.78, 5) is 31.3. The van der Waals surface area contributed by atoms with Gasteiger partial charge in [-0.2, -0.15) is 5.10 Å². The summed E-state index contributed by atoms with van der Waals surface area (Å²) in [7, 11) is 3.44. The lowest BCUT2D eigenvalue weighted by molar-refractivity contribution is -0.135. The number of carbonyl (C=O) groups excluding carboxylic acids is 1. The number of fused-ring (bicyclic) bond motifs is 1. The second kappa shape index (κ2) is 7.11. The van der Waals surface area contributed by atoms with Crippen molar-refractivity contribution < 1.29 is 4.79 Å². The van der Waals surface area contributed by atoms with Crippen LogP contribution < -0.4 is 5.69 Å². The highest BCUT2D eigenvalue weighted by atomic mass is 32.1. The molecule has 1 aromatic carbocycles. The van der Waals surface area contributed by atoms with E-state index >= 15 is 0 Å². The second-order valence-corrected chi connectivity index (χ2v) is 7.73. The molecule has 4 rings (SSSR count). The van der Waals surface area contributed by atoms with Crippen LogP contribution in [0.1, 0.15) is 17.9 Å². The van der Waals surface area contributed by atoms with Crippen LogP contribution in [0.2, 0.25) is 0 Å². The Kier molecular flexibility index (Phi) is 4.65. The van der Waals surface area contributed by atoms with Gasteiger partial charge >= 0.3 is 5.69 Å². The van der Waals surface area contributed by atoms with E-state index in [9.17, 15) is 9.59 Å². The minimum atomic E-state index is -0.198.